The Balaban J connectivity index is 3.36. The number of hydrogen-bond donors (Lipinski definition) is 2. The summed E-state index contributed by atoms with van der Waals surface area (Å²) >= 11 is 0. The first-order valence-electron chi connectivity index (χ1n) is 11.0. The topological polar surface area (TPSA) is 77.0 Å². The van der Waals surface area contributed by atoms with E-state index in [1.165, 1.54) is 0 Å². The first-order valence-corrected chi connectivity index (χ1v) is 11.0. The van der Waals surface area contributed by atoms with Gasteiger partial charge in [-0.05, 0) is 43.6 Å². The third-order valence-electron chi connectivity index (χ3n) is 4.64. The van der Waals surface area contributed by atoms with Crippen molar-refractivity contribution < 1.29 is 24.1 Å². The quantitative estimate of drug-likeness (QED) is 0.540. The minimum Gasteiger partial charge on any atom is -0.444 e. The Hall–Kier alpha value is -1.63. The van der Waals surface area contributed by atoms with Crippen molar-refractivity contribution in [2.75, 3.05) is 13.2 Å². The molecule has 1 aliphatic rings. The lowest BCUT2D eigenvalue weighted by molar-refractivity contribution is -0.0328. The number of nitrogens with one attached hydrogen (secondary N) is 1. The zero-order chi connectivity index (χ0) is 24.0. The molecule has 0 aliphatic carbocycles. The summed E-state index contributed by atoms with van der Waals surface area (Å²) in [6, 6.07) is -0.584. The normalized spacial score (nSPS) is 19.2. The van der Waals surface area contributed by atoms with Crippen LogP contribution >= 0.6 is 0 Å². The minimum atomic E-state index is -1.02. The summed E-state index contributed by atoms with van der Waals surface area (Å²) in [4.78, 5) is 12.5. The van der Waals surface area contributed by atoms with Crippen molar-refractivity contribution in [2.45, 2.75) is 92.8 Å². The van der Waals surface area contributed by atoms with Gasteiger partial charge in [-0.25, -0.2) is 4.79 Å². The van der Waals surface area contributed by atoms with Crippen molar-refractivity contribution in [3.05, 3.63) is 36.0 Å². The van der Waals surface area contributed by atoms with E-state index in [2.05, 4.69) is 53.4 Å². The van der Waals surface area contributed by atoms with Crippen LogP contribution < -0.4 is 5.32 Å². The zero-order valence-electron chi connectivity index (χ0n) is 20.9. The van der Waals surface area contributed by atoms with Crippen molar-refractivity contribution in [1.82, 2.24) is 5.32 Å². The molecule has 1 rings (SSSR count). The summed E-state index contributed by atoms with van der Waals surface area (Å²) in [7, 11) is 0. The molecule has 178 valence electrons. The molecule has 0 bridgehead atoms. The second-order valence-electron chi connectivity index (χ2n) is 11.3. The number of aliphatic hydroxyl groups excluding tert-OH is 1. The van der Waals surface area contributed by atoms with E-state index in [-0.39, 0.29) is 10.8 Å². The van der Waals surface area contributed by atoms with E-state index in [0.717, 1.165) is 5.57 Å². The van der Waals surface area contributed by atoms with Crippen molar-refractivity contribution in [3.63, 3.8) is 0 Å². The van der Waals surface area contributed by atoms with Gasteiger partial charge in [0.1, 0.15) is 11.7 Å². The number of allylic oxidation sites excluding steroid dienone is 4. The van der Waals surface area contributed by atoms with Crippen molar-refractivity contribution in [3.8, 4) is 0 Å². The Bertz CT molecular complexity index is 667. The second kappa shape index (κ2) is 10.8. The molecular weight excluding hydrogens is 394 g/mol. The Labute approximate surface area is 188 Å². The molecule has 0 aromatic carbocycles. The lowest BCUT2D eigenvalue weighted by Gasteiger charge is -2.34. The predicted octanol–water partition coefficient (Wildman–Crippen LogP) is 5.13. The number of hydrogen-bond acceptors (Lipinski definition) is 5. The second-order valence-corrected chi connectivity index (χ2v) is 11.3. The van der Waals surface area contributed by atoms with Crippen molar-refractivity contribution in [1.29, 1.82) is 0 Å². The monoisotopic (exact) mass is 437 g/mol. The Morgan fingerprint density at radius 2 is 1.68 bits per heavy atom. The summed E-state index contributed by atoms with van der Waals surface area (Å²) < 4.78 is 16.9. The van der Waals surface area contributed by atoms with E-state index in [1.54, 1.807) is 6.08 Å². The maximum atomic E-state index is 12.5. The van der Waals surface area contributed by atoms with Crippen LogP contribution in [0.15, 0.2) is 36.0 Å². The highest BCUT2D eigenvalue weighted by Crippen LogP contribution is 2.32. The fraction of sp³-hybridized carbons (Fsp3) is 0.720. The number of carbonyl (C=O) groups is 1. The molecule has 6 nitrogen and oxygen atoms in total. The van der Waals surface area contributed by atoms with E-state index in [4.69, 9.17) is 14.2 Å². The van der Waals surface area contributed by atoms with Gasteiger partial charge in [-0.2, -0.15) is 0 Å². The fourth-order valence-corrected chi connectivity index (χ4v) is 3.26. The van der Waals surface area contributed by atoms with Gasteiger partial charge in [-0.3, -0.25) is 0 Å². The molecule has 0 aromatic rings. The summed E-state index contributed by atoms with van der Waals surface area (Å²) in [5.74, 6) is 0. The van der Waals surface area contributed by atoms with E-state index < -0.39 is 30.1 Å². The van der Waals surface area contributed by atoms with Gasteiger partial charge in [0, 0.05) is 5.57 Å². The summed E-state index contributed by atoms with van der Waals surface area (Å²) in [6.45, 7) is 22.6. The Kier molecular flexibility index (Phi) is 9.54. The van der Waals surface area contributed by atoms with Crippen LogP contribution in [0.3, 0.4) is 0 Å². The zero-order valence-corrected chi connectivity index (χ0v) is 20.9. The Morgan fingerprint density at radius 3 is 2.10 bits per heavy atom. The van der Waals surface area contributed by atoms with Gasteiger partial charge in [0.25, 0.3) is 0 Å². The molecule has 6 heteroatoms. The molecular formula is C25H43NO5. The van der Waals surface area contributed by atoms with Crippen LogP contribution in [0.1, 0.15) is 68.7 Å². The number of carbonyl (C=O) groups excluding carboxylic acids is 1. The standard InChI is InChI=1S/C25H43NO5/c1-11-12-17(24(5,6)7)15-18(21-29-13-14-30-21)20(27)19(16-23(2,3)4)26-22(28)31-25(8,9)10/h11-12,15,19-21,27H,1,13-14,16H2,2-10H3,(H,26,28)/b17-12+,18-15+/t19-,20+/m1/s1. The maximum Gasteiger partial charge on any atom is 0.407 e. The molecule has 1 aliphatic heterocycles. The molecule has 1 fully saturated rings. The molecule has 0 radical (unpaired) electrons. The van der Waals surface area contributed by atoms with Crippen LogP contribution in [0, 0.1) is 10.8 Å². The van der Waals surface area contributed by atoms with Crippen LogP contribution in [0.2, 0.25) is 0 Å². The summed E-state index contributed by atoms with van der Waals surface area (Å²) in [6.07, 6.45) is 3.83. The van der Waals surface area contributed by atoms with E-state index in [1.807, 2.05) is 32.9 Å². The smallest absolute Gasteiger partial charge is 0.407 e. The number of amides is 1. The fourth-order valence-electron chi connectivity index (χ4n) is 3.26. The van der Waals surface area contributed by atoms with Gasteiger partial charge >= 0.3 is 6.09 Å². The molecule has 2 N–H and O–H groups in total. The average Bonchev–Trinajstić information content (AvgIpc) is 3.07. The molecule has 2 atom stereocenters. The molecule has 0 unspecified atom stereocenters. The van der Waals surface area contributed by atoms with Gasteiger partial charge in [-0.1, -0.05) is 66.3 Å². The third-order valence-corrected chi connectivity index (χ3v) is 4.64. The highest BCUT2D eigenvalue weighted by molar-refractivity contribution is 5.68. The SMILES string of the molecule is C=C/C=C(\C=C(\C1OCCO1)[C@H](O)[C@@H](CC(C)(C)C)NC(=O)OC(C)(C)C)C(C)(C)C. The summed E-state index contributed by atoms with van der Waals surface area (Å²) in [5.41, 5.74) is 0.584. The first kappa shape index (κ1) is 27.4. The largest absolute Gasteiger partial charge is 0.444 e. The summed E-state index contributed by atoms with van der Waals surface area (Å²) in [5, 5.41) is 14.3. The molecule has 0 saturated carbocycles. The molecule has 1 heterocycles. The lowest BCUT2D eigenvalue weighted by atomic mass is 9.81. The van der Waals surface area contributed by atoms with Crippen LogP contribution in [-0.2, 0) is 14.2 Å². The number of rotatable bonds is 7. The highest BCUT2D eigenvalue weighted by atomic mass is 16.7. The highest BCUT2D eigenvalue weighted by Gasteiger charge is 2.36. The molecule has 31 heavy (non-hydrogen) atoms. The molecule has 0 spiro atoms. The number of ether oxygens (including phenoxy) is 3. The first-order chi connectivity index (χ1) is 14.0. The van der Waals surface area contributed by atoms with E-state index in [0.29, 0.717) is 25.2 Å². The minimum absolute atomic E-state index is 0.146. The molecule has 0 aromatic heterocycles. The van der Waals surface area contributed by atoms with Gasteiger partial charge < -0.3 is 24.6 Å². The van der Waals surface area contributed by atoms with Crippen LogP contribution in [0.4, 0.5) is 4.79 Å². The van der Waals surface area contributed by atoms with Gasteiger partial charge in [0.15, 0.2) is 6.29 Å². The van der Waals surface area contributed by atoms with Crippen LogP contribution in [0.25, 0.3) is 0 Å². The third kappa shape index (κ3) is 10.0. The predicted molar refractivity (Wildman–Crippen MR) is 125 cm³/mol. The average molecular weight is 438 g/mol. The van der Waals surface area contributed by atoms with Crippen LogP contribution in [0.5, 0.6) is 0 Å². The molecule has 1 saturated heterocycles. The molecule has 1 amide bonds. The van der Waals surface area contributed by atoms with E-state index >= 15 is 0 Å². The van der Waals surface area contributed by atoms with E-state index in [9.17, 15) is 9.90 Å². The lowest BCUT2D eigenvalue weighted by Crippen LogP contribution is -2.49. The maximum absolute atomic E-state index is 12.5. The number of alkyl carbamates (subject to hydrolysis) is 1. The van der Waals surface area contributed by atoms with Gasteiger partial charge in [-0.15, -0.1) is 0 Å². The van der Waals surface area contributed by atoms with Gasteiger partial charge in [0.2, 0.25) is 0 Å². The van der Waals surface area contributed by atoms with Crippen molar-refractivity contribution in [2.24, 2.45) is 10.8 Å². The van der Waals surface area contributed by atoms with Crippen molar-refractivity contribution >= 4 is 6.09 Å². The Morgan fingerprint density at radius 1 is 1.13 bits per heavy atom. The number of aliphatic hydroxyl groups is 1. The van der Waals surface area contributed by atoms with Gasteiger partial charge in [0.05, 0.1) is 19.3 Å². The van der Waals surface area contributed by atoms with Crippen LogP contribution in [-0.4, -0.2) is 48.5 Å².